The molecule has 1 aromatic heterocycles. The van der Waals surface area contributed by atoms with Crippen LogP contribution in [0.4, 0.5) is 11.4 Å². The van der Waals surface area contributed by atoms with Gasteiger partial charge in [-0.25, -0.2) is 4.90 Å². The van der Waals surface area contributed by atoms with Gasteiger partial charge in [0.25, 0.3) is 5.91 Å². The second-order valence-corrected chi connectivity index (χ2v) is 9.01. The molecule has 158 valence electrons. The summed E-state index contributed by atoms with van der Waals surface area (Å²) in [7, 11) is 0. The van der Waals surface area contributed by atoms with Gasteiger partial charge in [-0.05, 0) is 61.6 Å². The predicted molar refractivity (Wildman–Crippen MR) is 121 cm³/mol. The highest BCUT2D eigenvalue weighted by atomic mass is 16.2. The minimum Gasteiger partial charge on any atom is -0.320 e. The number of aromatic nitrogens is 1. The number of fused-ring (bicyclic) bond motifs is 6. The molecule has 2 bridgehead atoms. The van der Waals surface area contributed by atoms with Crippen molar-refractivity contribution in [1.29, 1.82) is 0 Å². The van der Waals surface area contributed by atoms with Gasteiger partial charge >= 0.3 is 0 Å². The van der Waals surface area contributed by atoms with Crippen molar-refractivity contribution in [3.63, 3.8) is 0 Å². The summed E-state index contributed by atoms with van der Waals surface area (Å²) in [5.74, 6) is -0.562. The highest BCUT2D eigenvalue weighted by Crippen LogP contribution is 2.60. The average Bonchev–Trinajstić information content (AvgIpc) is 3.45. The monoisotopic (exact) mass is 423 g/mol. The Bertz CT molecular complexity index is 1320. The average molecular weight is 423 g/mol. The maximum absolute atomic E-state index is 13.3. The van der Waals surface area contributed by atoms with Gasteiger partial charge in [0.15, 0.2) is 0 Å². The first-order valence-electron chi connectivity index (χ1n) is 10.8. The number of rotatable bonds is 3. The second-order valence-electron chi connectivity index (χ2n) is 9.01. The topological polar surface area (TPSA) is 79.4 Å². The van der Waals surface area contributed by atoms with Crippen molar-refractivity contribution in [3.8, 4) is 0 Å². The molecule has 2 aliphatic carbocycles. The summed E-state index contributed by atoms with van der Waals surface area (Å²) >= 11 is 0. The van der Waals surface area contributed by atoms with E-state index < -0.39 is 5.41 Å². The molecule has 3 aromatic rings. The Hall–Kier alpha value is -3.80. The van der Waals surface area contributed by atoms with Crippen LogP contribution in [-0.4, -0.2) is 22.7 Å². The number of hydrogen-bond donors (Lipinski definition) is 1. The van der Waals surface area contributed by atoms with Crippen LogP contribution in [0.15, 0.2) is 72.9 Å². The minimum atomic E-state index is -0.659. The number of nitrogens with zero attached hydrogens (tertiary/aromatic N) is 2. The quantitative estimate of drug-likeness (QED) is 0.506. The van der Waals surface area contributed by atoms with E-state index in [1.54, 1.807) is 30.5 Å². The Morgan fingerprint density at radius 2 is 1.84 bits per heavy atom. The maximum atomic E-state index is 13.3. The number of anilines is 2. The van der Waals surface area contributed by atoms with Crippen LogP contribution < -0.4 is 10.2 Å². The molecule has 3 aliphatic rings. The zero-order chi connectivity index (χ0) is 22.0. The smallest absolute Gasteiger partial charge is 0.255 e. The standard InChI is InChI=1S/C26H21N3O3/c1-26-18-10-7-17(14-18)21(26)24(31)29(25(26)32)19-11-8-16(9-12-19)23(30)28-20-6-2-4-15-5-3-13-27-22(15)20/h2-13,17-18,21H,14H2,1H3,(H,28,30)/t17-,18-,21-,26-/m0/s1. The lowest BCUT2D eigenvalue weighted by Crippen LogP contribution is -2.37. The summed E-state index contributed by atoms with van der Waals surface area (Å²) in [5, 5.41) is 3.85. The first-order chi connectivity index (χ1) is 15.5. The third kappa shape index (κ3) is 2.46. The van der Waals surface area contributed by atoms with Crippen LogP contribution in [0.5, 0.6) is 0 Å². The molecule has 6 heteroatoms. The molecular weight excluding hydrogens is 402 g/mol. The number of pyridine rings is 1. The highest BCUT2D eigenvalue weighted by molar-refractivity contribution is 6.24. The molecule has 2 fully saturated rings. The first kappa shape index (κ1) is 18.9. The van der Waals surface area contributed by atoms with E-state index in [0.29, 0.717) is 16.9 Å². The fourth-order valence-electron chi connectivity index (χ4n) is 5.71. The number of imide groups is 1. The SMILES string of the molecule is C[C@@]12C(=O)N(c3ccc(C(=O)Nc4cccc5cccnc45)cc3)C(=O)[C@@H]1[C@H]1C=C[C@H]2C1. The molecule has 1 saturated carbocycles. The lowest BCUT2D eigenvalue weighted by molar-refractivity contribution is -0.127. The van der Waals surface area contributed by atoms with E-state index in [1.807, 2.05) is 37.3 Å². The summed E-state index contributed by atoms with van der Waals surface area (Å²) in [4.78, 5) is 44.9. The van der Waals surface area contributed by atoms with Gasteiger partial charge in [-0.3, -0.25) is 19.4 Å². The Morgan fingerprint density at radius 3 is 2.62 bits per heavy atom. The third-order valence-corrected chi connectivity index (χ3v) is 7.38. The molecule has 0 spiro atoms. The van der Waals surface area contributed by atoms with Crippen molar-refractivity contribution in [3.05, 3.63) is 78.5 Å². The lowest BCUT2D eigenvalue weighted by Gasteiger charge is -2.28. The molecule has 2 heterocycles. The van der Waals surface area contributed by atoms with Crippen LogP contribution in [-0.2, 0) is 9.59 Å². The highest BCUT2D eigenvalue weighted by Gasteiger charge is 2.67. The van der Waals surface area contributed by atoms with Crippen LogP contribution in [0.2, 0.25) is 0 Å². The second kappa shape index (κ2) is 6.60. The molecule has 0 radical (unpaired) electrons. The molecular formula is C26H21N3O3. The fourth-order valence-corrected chi connectivity index (χ4v) is 5.71. The number of benzene rings is 2. The molecule has 0 unspecified atom stereocenters. The van der Waals surface area contributed by atoms with Crippen LogP contribution in [0.3, 0.4) is 0 Å². The molecule has 1 N–H and O–H groups in total. The summed E-state index contributed by atoms with van der Waals surface area (Å²) in [6.07, 6.45) is 6.75. The first-order valence-corrected chi connectivity index (χ1v) is 10.8. The van der Waals surface area contributed by atoms with E-state index in [2.05, 4.69) is 22.5 Å². The van der Waals surface area contributed by atoms with Crippen molar-refractivity contribution >= 4 is 40.0 Å². The normalized spacial score (nSPS) is 27.9. The van der Waals surface area contributed by atoms with E-state index in [0.717, 1.165) is 17.3 Å². The van der Waals surface area contributed by atoms with Crippen LogP contribution >= 0.6 is 0 Å². The van der Waals surface area contributed by atoms with Crippen LogP contribution in [0.25, 0.3) is 10.9 Å². The molecule has 32 heavy (non-hydrogen) atoms. The number of hydrogen-bond acceptors (Lipinski definition) is 4. The van der Waals surface area contributed by atoms with Gasteiger partial charge in [-0.15, -0.1) is 0 Å². The van der Waals surface area contributed by atoms with E-state index in [4.69, 9.17) is 0 Å². The number of carbonyl (C=O) groups is 3. The van der Waals surface area contributed by atoms with Crippen LogP contribution in [0.1, 0.15) is 23.7 Å². The van der Waals surface area contributed by atoms with Gasteiger partial charge in [-0.1, -0.05) is 30.4 Å². The van der Waals surface area contributed by atoms with E-state index in [1.165, 1.54) is 4.90 Å². The van der Waals surface area contributed by atoms with Crippen LogP contribution in [0, 0.1) is 23.2 Å². The van der Waals surface area contributed by atoms with Gasteiger partial charge in [0.1, 0.15) is 0 Å². The van der Waals surface area contributed by atoms with Gasteiger partial charge in [0.2, 0.25) is 11.8 Å². The Balaban J connectivity index is 1.26. The van der Waals surface area contributed by atoms with Crippen molar-refractivity contribution < 1.29 is 14.4 Å². The summed E-state index contributed by atoms with van der Waals surface area (Å²) in [6.45, 7) is 1.92. The molecule has 2 aromatic carbocycles. The zero-order valence-electron chi connectivity index (χ0n) is 17.5. The lowest BCUT2D eigenvalue weighted by atomic mass is 9.71. The van der Waals surface area contributed by atoms with Gasteiger partial charge in [-0.2, -0.15) is 0 Å². The molecule has 1 saturated heterocycles. The molecule has 1 aliphatic heterocycles. The Morgan fingerprint density at radius 1 is 1.06 bits per heavy atom. The van der Waals surface area contributed by atoms with Gasteiger partial charge < -0.3 is 5.32 Å². The molecule has 6 nitrogen and oxygen atoms in total. The van der Waals surface area contributed by atoms with Crippen molar-refractivity contribution in [2.24, 2.45) is 23.2 Å². The predicted octanol–water partition coefficient (Wildman–Crippen LogP) is 4.19. The largest absolute Gasteiger partial charge is 0.320 e. The summed E-state index contributed by atoms with van der Waals surface area (Å²) in [6, 6.07) is 16.0. The minimum absolute atomic E-state index is 0.123. The number of amides is 3. The molecule has 4 atom stereocenters. The number of para-hydroxylation sites is 1. The molecule has 6 rings (SSSR count). The van der Waals surface area contributed by atoms with E-state index in [9.17, 15) is 14.4 Å². The summed E-state index contributed by atoms with van der Waals surface area (Å²) < 4.78 is 0. The van der Waals surface area contributed by atoms with Crippen molar-refractivity contribution in [2.75, 3.05) is 10.2 Å². The third-order valence-electron chi connectivity index (χ3n) is 7.38. The van der Waals surface area contributed by atoms with Gasteiger partial charge in [0, 0.05) is 17.1 Å². The van der Waals surface area contributed by atoms with E-state index >= 15 is 0 Å². The van der Waals surface area contributed by atoms with Gasteiger partial charge in [0.05, 0.1) is 28.2 Å². The van der Waals surface area contributed by atoms with Crippen molar-refractivity contribution in [1.82, 2.24) is 4.98 Å². The number of nitrogens with one attached hydrogen (secondary N) is 1. The number of allylic oxidation sites excluding steroid dienone is 2. The van der Waals surface area contributed by atoms with E-state index in [-0.39, 0.29) is 35.5 Å². The fraction of sp³-hybridized carbons (Fsp3) is 0.231. The van der Waals surface area contributed by atoms with Crippen molar-refractivity contribution in [2.45, 2.75) is 13.3 Å². The summed E-state index contributed by atoms with van der Waals surface area (Å²) in [5.41, 5.74) is 1.64. The Labute approximate surface area is 184 Å². The zero-order valence-corrected chi connectivity index (χ0v) is 17.5. The molecule has 3 amide bonds. The number of carbonyl (C=O) groups excluding carboxylic acids is 3. The maximum Gasteiger partial charge on any atom is 0.255 e. The Kier molecular flexibility index (Phi) is 3.90.